The van der Waals surface area contributed by atoms with Crippen LogP contribution in [0.25, 0.3) is 0 Å². The highest BCUT2D eigenvalue weighted by Gasteiger charge is 2.09. The van der Waals surface area contributed by atoms with Gasteiger partial charge in [0.05, 0.1) is 11.8 Å². The first-order chi connectivity index (χ1) is 9.54. The van der Waals surface area contributed by atoms with E-state index in [0.717, 1.165) is 0 Å². The number of alkyl halides is 2. The number of hydrogen-bond donors (Lipinski definition) is 2. The topological polar surface area (TPSA) is 71.5 Å². The van der Waals surface area contributed by atoms with Crippen LogP contribution in [0.3, 0.4) is 0 Å². The number of benzene rings is 1. The van der Waals surface area contributed by atoms with Crippen LogP contribution in [0.4, 0.5) is 14.5 Å². The van der Waals surface area contributed by atoms with E-state index in [-0.39, 0.29) is 22.7 Å². The molecule has 0 fully saturated rings. The Morgan fingerprint density at radius 3 is 2.80 bits per heavy atom. The molecular formula is C13H10F2N2O3. The van der Waals surface area contributed by atoms with E-state index in [9.17, 15) is 18.7 Å². The smallest absolute Gasteiger partial charge is 0.387 e. The fourth-order valence-corrected chi connectivity index (χ4v) is 1.51. The molecule has 1 amide bonds. The minimum Gasteiger partial charge on any atom is -0.506 e. The van der Waals surface area contributed by atoms with Gasteiger partial charge >= 0.3 is 6.61 Å². The summed E-state index contributed by atoms with van der Waals surface area (Å²) in [6, 6.07) is 6.83. The van der Waals surface area contributed by atoms with Crippen molar-refractivity contribution in [3.8, 4) is 11.5 Å². The van der Waals surface area contributed by atoms with Crippen LogP contribution in [0.1, 0.15) is 10.4 Å². The van der Waals surface area contributed by atoms with E-state index in [0.29, 0.717) is 0 Å². The number of nitrogens with zero attached hydrogens (tertiary/aromatic N) is 1. The van der Waals surface area contributed by atoms with Gasteiger partial charge in [-0.15, -0.1) is 0 Å². The average Bonchev–Trinajstić information content (AvgIpc) is 2.38. The number of hydrogen-bond acceptors (Lipinski definition) is 4. The largest absolute Gasteiger partial charge is 0.506 e. The molecule has 0 radical (unpaired) electrons. The second-order valence-corrected chi connectivity index (χ2v) is 3.79. The maximum absolute atomic E-state index is 12.1. The van der Waals surface area contributed by atoms with Gasteiger partial charge in [-0.25, -0.2) is 0 Å². The molecule has 0 aliphatic heterocycles. The Morgan fingerprint density at radius 1 is 1.30 bits per heavy atom. The molecule has 7 heteroatoms. The molecule has 2 N–H and O–H groups in total. The fourth-order valence-electron chi connectivity index (χ4n) is 1.51. The zero-order valence-electron chi connectivity index (χ0n) is 10.1. The van der Waals surface area contributed by atoms with Gasteiger partial charge in [-0.1, -0.05) is 6.07 Å². The standard InChI is InChI=1S/C13H10F2N2O3/c14-13(15)20-11-3-1-2-9(5-11)17-12(19)8-4-10(18)7-16-6-8/h1-7,13,18H,(H,17,19). The second-order valence-electron chi connectivity index (χ2n) is 3.79. The Labute approximate surface area is 112 Å². The van der Waals surface area contributed by atoms with Crippen LogP contribution < -0.4 is 10.1 Å². The summed E-state index contributed by atoms with van der Waals surface area (Å²) in [4.78, 5) is 15.5. The summed E-state index contributed by atoms with van der Waals surface area (Å²) < 4.78 is 28.4. The summed E-state index contributed by atoms with van der Waals surface area (Å²) in [5.41, 5.74) is 0.432. The molecule has 0 aliphatic rings. The summed E-state index contributed by atoms with van der Waals surface area (Å²) in [5, 5.41) is 11.7. The molecule has 1 aromatic carbocycles. The number of rotatable bonds is 4. The predicted octanol–water partition coefficient (Wildman–Crippen LogP) is 2.64. The number of anilines is 1. The monoisotopic (exact) mass is 280 g/mol. The Balaban J connectivity index is 2.11. The normalized spacial score (nSPS) is 10.3. The van der Waals surface area contributed by atoms with E-state index in [1.807, 2.05) is 0 Å². The van der Waals surface area contributed by atoms with Crippen molar-refractivity contribution in [2.45, 2.75) is 6.61 Å². The van der Waals surface area contributed by atoms with Gasteiger partial charge in [-0.05, 0) is 18.2 Å². The van der Waals surface area contributed by atoms with Crippen LogP contribution in [-0.2, 0) is 0 Å². The number of halogens is 2. The summed E-state index contributed by atoms with van der Waals surface area (Å²) in [6.45, 7) is -2.93. The van der Waals surface area contributed by atoms with Gasteiger partial charge in [0.25, 0.3) is 5.91 Å². The number of pyridine rings is 1. The SMILES string of the molecule is O=C(Nc1cccc(OC(F)F)c1)c1cncc(O)c1. The summed E-state index contributed by atoms with van der Waals surface area (Å²) in [5.74, 6) is -0.734. The molecule has 1 aromatic heterocycles. The van der Waals surface area contributed by atoms with Crippen molar-refractivity contribution in [2.24, 2.45) is 0 Å². The first-order valence-electron chi connectivity index (χ1n) is 5.55. The highest BCUT2D eigenvalue weighted by Crippen LogP contribution is 2.20. The second kappa shape index (κ2) is 5.96. The molecule has 104 valence electrons. The Hall–Kier alpha value is -2.70. The Kier molecular flexibility index (Phi) is 4.09. The molecule has 0 unspecified atom stereocenters. The first-order valence-corrected chi connectivity index (χ1v) is 5.55. The van der Waals surface area contributed by atoms with Crippen LogP contribution >= 0.6 is 0 Å². The molecule has 0 aliphatic carbocycles. The van der Waals surface area contributed by atoms with Gasteiger partial charge < -0.3 is 15.2 Å². The van der Waals surface area contributed by atoms with Gasteiger partial charge in [0.15, 0.2) is 0 Å². The molecule has 0 bridgehead atoms. The molecule has 0 atom stereocenters. The first kappa shape index (κ1) is 13.7. The van der Waals surface area contributed by atoms with Crippen molar-refractivity contribution in [1.29, 1.82) is 0 Å². The van der Waals surface area contributed by atoms with E-state index in [1.165, 1.54) is 42.7 Å². The van der Waals surface area contributed by atoms with Crippen molar-refractivity contribution in [3.05, 3.63) is 48.3 Å². The van der Waals surface area contributed by atoms with Crippen molar-refractivity contribution >= 4 is 11.6 Å². The molecule has 5 nitrogen and oxygen atoms in total. The summed E-state index contributed by atoms with van der Waals surface area (Å²) in [7, 11) is 0. The van der Waals surface area contributed by atoms with E-state index in [4.69, 9.17) is 0 Å². The van der Waals surface area contributed by atoms with E-state index >= 15 is 0 Å². The maximum atomic E-state index is 12.1. The highest BCUT2D eigenvalue weighted by molar-refractivity contribution is 6.04. The van der Waals surface area contributed by atoms with Gasteiger partial charge in [0.1, 0.15) is 11.5 Å². The highest BCUT2D eigenvalue weighted by atomic mass is 19.3. The van der Waals surface area contributed by atoms with Crippen LogP contribution in [0.2, 0.25) is 0 Å². The molecular weight excluding hydrogens is 270 g/mol. The Morgan fingerprint density at radius 2 is 2.10 bits per heavy atom. The van der Waals surface area contributed by atoms with Crippen molar-refractivity contribution in [3.63, 3.8) is 0 Å². The van der Waals surface area contributed by atoms with Crippen LogP contribution in [0.5, 0.6) is 11.5 Å². The van der Waals surface area contributed by atoms with Gasteiger partial charge in [0.2, 0.25) is 0 Å². The third-order valence-electron chi connectivity index (χ3n) is 2.30. The van der Waals surface area contributed by atoms with Crippen molar-refractivity contribution in [2.75, 3.05) is 5.32 Å². The zero-order valence-corrected chi connectivity index (χ0v) is 10.1. The number of ether oxygens (including phenoxy) is 1. The van der Waals surface area contributed by atoms with Crippen LogP contribution in [0, 0.1) is 0 Å². The lowest BCUT2D eigenvalue weighted by Gasteiger charge is -2.08. The minimum atomic E-state index is -2.93. The lowest BCUT2D eigenvalue weighted by atomic mass is 10.2. The zero-order chi connectivity index (χ0) is 14.5. The van der Waals surface area contributed by atoms with Crippen LogP contribution in [-0.4, -0.2) is 22.6 Å². The van der Waals surface area contributed by atoms with E-state index in [2.05, 4.69) is 15.0 Å². The molecule has 0 saturated heterocycles. The number of carbonyl (C=O) groups is 1. The quantitative estimate of drug-likeness (QED) is 0.903. The van der Waals surface area contributed by atoms with E-state index < -0.39 is 12.5 Å². The molecule has 2 rings (SSSR count). The number of carbonyl (C=O) groups excluding carboxylic acids is 1. The number of aromatic nitrogens is 1. The van der Waals surface area contributed by atoms with Gasteiger partial charge in [-0.2, -0.15) is 8.78 Å². The number of amides is 1. The molecule has 2 aromatic rings. The number of aromatic hydroxyl groups is 1. The van der Waals surface area contributed by atoms with E-state index in [1.54, 1.807) is 0 Å². The fraction of sp³-hybridized carbons (Fsp3) is 0.0769. The molecule has 20 heavy (non-hydrogen) atoms. The molecule has 1 heterocycles. The number of nitrogens with one attached hydrogen (secondary N) is 1. The lowest BCUT2D eigenvalue weighted by Crippen LogP contribution is -2.12. The molecule has 0 spiro atoms. The van der Waals surface area contributed by atoms with Crippen LogP contribution in [0.15, 0.2) is 42.7 Å². The maximum Gasteiger partial charge on any atom is 0.387 e. The lowest BCUT2D eigenvalue weighted by molar-refractivity contribution is -0.0497. The minimum absolute atomic E-state index is 0.0631. The molecule has 0 saturated carbocycles. The summed E-state index contributed by atoms with van der Waals surface area (Å²) in [6.07, 6.45) is 2.46. The van der Waals surface area contributed by atoms with Crippen molar-refractivity contribution in [1.82, 2.24) is 4.98 Å². The van der Waals surface area contributed by atoms with Crippen molar-refractivity contribution < 1.29 is 23.4 Å². The summed E-state index contributed by atoms with van der Waals surface area (Å²) >= 11 is 0. The Bertz CT molecular complexity index is 620. The van der Waals surface area contributed by atoms with Gasteiger partial charge in [0, 0.05) is 18.0 Å². The third-order valence-corrected chi connectivity index (χ3v) is 2.30. The predicted molar refractivity (Wildman–Crippen MR) is 66.9 cm³/mol. The van der Waals surface area contributed by atoms with Gasteiger partial charge in [-0.3, -0.25) is 9.78 Å². The average molecular weight is 280 g/mol. The third kappa shape index (κ3) is 3.64.